The van der Waals surface area contributed by atoms with Gasteiger partial charge in [-0.2, -0.15) is 0 Å². The summed E-state index contributed by atoms with van der Waals surface area (Å²) < 4.78 is 0. The fourth-order valence-corrected chi connectivity index (χ4v) is 7.25. The average molecular weight is 762 g/mol. The molecular weight excluding hydrogens is 730 g/mol. The van der Waals surface area contributed by atoms with Crippen LogP contribution < -0.4 is 0 Å². The van der Waals surface area contributed by atoms with Gasteiger partial charge in [0.05, 0.1) is 18.3 Å². The van der Waals surface area contributed by atoms with Gasteiger partial charge in [0, 0.05) is 88.1 Å². The van der Waals surface area contributed by atoms with Gasteiger partial charge in [-0.15, -0.1) is 0 Å². The Morgan fingerprint density at radius 3 is 2.04 bits per heavy atom. The molecule has 0 aromatic heterocycles. The molecule has 24 heavy (non-hydrogen) atoms. The molecule has 7 unspecified atom stereocenters. The van der Waals surface area contributed by atoms with E-state index < -0.39 is 0 Å². The molecule has 4 aliphatic carbocycles. The Bertz CT molecular complexity index is 462. The Morgan fingerprint density at radius 1 is 0.708 bits per heavy atom. The monoisotopic (exact) mass is 762 g/mol. The summed E-state index contributed by atoms with van der Waals surface area (Å²) in [6.45, 7) is 4.68. The molecular formula is C19H32Ac2O3. The van der Waals surface area contributed by atoms with Crippen molar-refractivity contribution < 1.29 is 103 Å². The maximum Gasteiger partial charge on any atom is 0.0596 e. The van der Waals surface area contributed by atoms with Gasteiger partial charge in [-0.3, -0.25) is 0 Å². The SMILES string of the molecule is C[C@]12CCC(O)CC1C(O)CC1C2CC[C@]2(C)C(O)CCC12.[Ac].[Ac]. The van der Waals surface area contributed by atoms with Crippen LogP contribution in [0.4, 0.5) is 0 Å². The third kappa shape index (κ3) is 3.44. The van der Waals surface area contributed by atoms with Crippen molar-refractivity contribution in [3.63, 3.8) is 0 Å². The van der Waals surface area contributed by atoms with Crippen molar-refractivity contribution in [1.82, 2.24) is 0 Å². The molecule has 0 amide bonds. The second-order valence-corrected chi connectivity index (χ2v) is 9.36. The molecule has 5 heteroatoms. The van der Waals surface area contributed by atoms with E-state index in [0.717, 1.165) is 44.9 Å². The summed E-state index contributed by atoms with van der Waals surface area (Å²) in [5, 5.41) is 31.4. The molecule has 4 rings (SSSR count). The molecule has 3 N–H and O–H groups in total. The number of fused-ring (bicyclic) bond motifs is 5. The third-order valence-electron chi connectivity index (χ3n) is 8.60. The summed E-state index contributed by atoms with van der Waals surface area (Å²) in [7, 11) is 0. The molecule has 0 heterocycles. The van der Waals surface area contributed by atoms with Gasteiger partial charge in [0.2, 0.25) is 0 Å². The first-order chi connectivity index (χ1) is 10.4. The molecule has 0 saturated heterocycles. The molecule has 0 aliphatic heterocycles. The molecule has 2 radical (unpaired) electrons. The quantitative estimate of drug-likeness (QED) is 0.357. The third-order valence-corrected chi connectivity index (χ3v) is 8.60. The summed E-state index contributed by atoms with van der Waals surface area (Å²) >= 11 is 0. The summed E-state index contributed by atoms with van der Waals surface area (Å²) in [4.78, 5) is 0. The normalized spacial score (nSPS) is 56.1. The minimum Gasteiger partial charge on any atom is -0.393 e. The predicted octanol–water partition coefficient (Wildman–Crippen LogP) is 2.72. The van der Waals surface area contributed by atoms with Crippen LogP contribution >= 0.6 is 0 Å². The summed E-state index contributed by atoms with van der Waals surface area (Å²) in [5.41, 5.74) is 0.273. The molecule has 9 atom stereocenters. The van der Waals surface area contributed by atoms with Gasteiger partial charge in [0.1, 0.15) is 0 Å². The Labute approximate surface area is 218 Å². The van der Waals surface area contributed by atoms with Crippen LogP contribution in [0.2, 0.25) is 0 Å². The van der Waals surface area contributed by atoms with Gasteiger partial charge in [0.25, 0.3) is 0 Å². The van der Waals surface area contributed by atoms with E-state index in [1.807, 2.05) is 0 Å². The summed E-state index contributed by atoms with van der Waals surface area (Å²) in [6.07, 6.45) is 7.42. The van der Waals surface area contributed by atoms with Gasteiger partial charge in [-0.25, -0.2) is 0 Å². The number of aliphatic hydroxyl groups is 3. The van der Waals surface area contributed by atoms with E-state index in [-0.39, 0.29) is 123 Å². The summed E-state index contributed by atoms with van der Waals surface area (Å²) in [6, 6.07) is 0. The van der Waals surface area contributed by atoms with Crippen molar-refractivity contribution in [1.29, 1.82) is 0 Å². The number of hydrogen-bond donors (Lipinski definition) is 3. The van der Waals surface area contributed by atoms with Crippen LogP contribution in [0, 0.1) is 123 Å². The second kappa shape index (κ2) is 8.25. The van der Waals surface area contributed by atoms with Crippen LogP contribution in [0.25, 0.3) is 0 Å². The molecule has 0 bridgehead atoms. The van der Waals surface area contributed by atoms with Gasteiger partial charge in [-0.1, -0.05) is 13.8 Å². The van der Waals surface area contributed by atoms with Gasteiger partial charge >= 0.3 is 0 Å². The van der Waals surface area contributed by atoms with Crippen LogP contribution in [-0.2, 0) is 0 Å². The van der Waals surface area contributed by atoms with Crippen molar-refractivity contribution in [3.05, 3.63) is 0 Å². The zero-order valence-corrected chi connectivity index (χ0v) is 24.7. The minimum atomic E-state index is -0.263. The van der Waals surface area contributed by atoms with Crippen LogP contribution in [0.3, 0.4) is 0 Å². The average Bonchev–Trinajstić information content (AvgIpc) is 2.77. The van der Waals surface area contributed by atoms with E-state index in [1.54, 1.807) is 0 Å². The van der Waals surface area contributed by atoms with E-state index in [9.17, 15) is 15.3 Å². The Hall–Kier alpha value is 2.76. The van der Waals surface area contributed by atoms with Crippen LogP contribution in [0.5, 0.6) is 0 Å². The zero-order valence-electron chi connectivity index (χ0n) is 15.2. The summed E-state index contributed by atoms with van der Waals surface area (Å²) in [5.74, 6) is 2.10. The van der Waals surface area contributed by atoms with E-state index >= 15 is 0 Å². The first kappa shape index (κ1) is 23.0. The first-order valence-corrected chi connectivity index (χ1v) is 9.40. The fraction of sp³-hybridized carbons (Fsp3) is 1.00. The fourth-order valence-electron chi connectivity index (χ4n) is 7.25. The van der Waals surface area contributed by atoms with Crippen molar-refractivity contribution >= 4 is 0 Å². The molecule has 0 aromatic rings. The van der Waals surface area contributed by atoms with Crippen molar-refractivity contribution in [2.24, 2.45) is 34.5 Å². The van der Waals surface area contributed by atoms with E-state index in [2.05, 4.69) is 13.8 Å². The first-order valence-electron chi connectivity index (χ1n) is 9.40. The molecule has 3 nitrogen and oxygen atoms in total. The predicted molar refractivity (Wildman–Crippen MR) is 85.1 cm³/mol. The van der Waals surface area contributed by atoms with Gasteiger partial charge < -0.3 is 15.3 Å². The van der Waals surface area contributed by atoms with Crippen molar-refractivity contribution in [2.45, 2.75) is 83.5 Å². The van der Waals surface area contributed by atoms with Crippen LogP contribution in [0.1, 0.15) is 65.2 Å². The molecule has 132 valence electrons. The standard InChI is InChI=1S/C19H32O3.2Ac/c1-18-7-5-11(20)9-15(18)16(21)10-12-13-3-4-17(22)19(13,2)8-6-14(12)18;;/h11-17,20-22H,3-10H2,1-2H3;;/t11?,12?,13?,14?,15?,16?,17?,18-,19+;;/m1../s1. The number of hydrogen-bond acceptors (Lipinski definition) is 3. The molecule has 0 aromatic carbocycles. The smallest absolute Gasteiger partial charge is 0.0596 e. The largest absolute Gasteiger partial charge is 0.393 e. The van der Waals surface area contributed by atoms with Crippen LogP contribution in [0.15, 0.2) is 0 Å². The molecule has 0 spiro atoms. The molecule has 4 aliphatic rings. The number of aliphatic hydroxyl groups excluding tert-OH is 3. The molecule has 4 fully saturated rings. The zero-order chi connectivity index (χ0) is 15.7. The van der Waals surface area contributed by atoms with E-state index in [0.29, 0.717) is 17.8 Å². The van der Waals surface area contributed by atoms with Gasteiger partial charge in [-0.05, 0) is 85.9 Å². The topological polar surface area (TPSA) is 60.7 Å². The number of rotatable bonds is 0. The molecule has 4 saturated carbocycles. The van der Waals surface area contributed by atoms with Crippen LogP contribution in [-0.4, -0.2) is 33.6 Å². The Morgan fingerprint density at radius 2 is 1.33 bits per heavy atom. The second-order valence-electron chi connectivity index (χ2n) is 9.36. The Kier molecular flexibility index (Phi) is 7.92. The maximum absolute atomic E-state index is 10.8. The minimum absolute atomic E-state index is 0. The maximum atomic E-state index is 10.8. The van der Waals surface area contributed by atoms with Crippen molar-refractivity contribution in [2.75, 3.05) is 0 Å². The van der Waals surface area contributed by atoms with Gasteiger partial charge in [0.15, 0.2) is 0 Å². The Balaban J connectivity index is 0.00000104. The van der Waals surface area contributed by atoms with E-state index in [4.69, 9.17) is 0 Å². The van der Waals surface area contributed by atoms with E-state index in [1.165, 1.54) is 6.42 Å². The van der Waals surface area contributed by atoms with Crippen molar-refractivity contribution in [3.8, 4) is 0 Å².